The van der Waals surface area contributed by atoms with Gasteiger partial charge in [0, 0.05) is 6.54 Å². The first kappa shape index (κ1) is 13.4. The Bertz CT molecular complexity index is 493. The molecule has 1 unspecified atom stereocenters. The predicted octanol–water partition coefficient (Wildman–Crippen LogP) is 2.46. The molecule has 2 saturated heterocycles. The fourth-order valence-electron chi connectivity index (χ4n) is 3.26. The molecule has 0 aromatic heterocycles. The molecule has 3 rings (SSSR count). The van der Waals surface area contributed by atoms with Crippen LogP contribution in [0.25, 0.3) is 0 Å². The monoisotopic (exact) mass is 274 g/mol. The van der Waals surface area contributed by atoms with Crippen LogP contribution < -0.4 is 5.32 Å². The molecule has 20 heavy (non-hydrogen) atoms. The SMILES string of the molecule is Cc1ccccc1CN1C(=O)OCC12CCCNCC2. The smallest absolute Gasteiger partial charge is 0.410 e. The summed E-state index contributed by atoms with van der Waals surface area (Å²) in [6, 6.07) is 8.26. The lowest BCUT2D eigenvalue weighted by atomic mass is 9.89. The van der Waals surface area contributed by atoms with E-state index in [-0.39, 0.29) is 11.6 Å². The third-order valence-electron chi connectivity index (χ3n) is 4.61. The maximum absolute atomic E-state index is 12.2. The van der Waals surface area contributed by atoms with Crippen molar-refractivity contribution in [2.24, 2.45) is 0 Å². The van der Waals surface area contributed by atoms with Gasteiger partial charge in [-0.1, -0.05) is 24.3 Å². The minimum atomic E-state index is -0.157. The molecular weight excluding hydrogens is 252 g/mol. The van der Waals surface area contributed by atoms with Crippen molar-refractivity contribution >= 4 is 6.09 Å². The molecule has 0 aliphatic carbocycles. The van der Waals surface area contributed by atoms with Gasteiger partial charge < -0.3 is 10.1 Å². The molecule has 0 radical (unpaired) electrons. The number of carbonyl (C=O) groups is 1. The summed E-state index contributed by atoms with van der Waals surface area (Å²) in [7, 11) is 0. The van der Waals surface area contributed by atoms with E-state index >= 15 is 0 Å². The maximum Gasteiger partial charge on any atom is 0.410 e. The topological polar surface area (TPSA) is 41.6 Å². The van der Waals surface area contributed by atoms with Crippen LogP contribution in [0.4, 0.5) is 4.79 Å². The molecule has 4 heteroatoms. The quantitative estimate of drug-likeness (QED) is 0.900. The number of nitrogens with one attached hydrogen (secondary N) is 1. The van der Waals surface area contributed by atoms with Crippen LogP contribution in [-0.2, 0) is 11.3 Å². The maximum atomic E-state index is 12.2. The Morgan fingerprint density at radius 3 is 3.00 bits per heavy atom. The highest BCUT2D eigenvalue weighted by molar-refractivity contribution is 5.71. The summed E-state index contributed by atoms with van der Waals surface area (Å²) in [6.07, 6.45) is 2.94. The molecule has 1 amide bonds. The molecule has 2 aliphatic heterocycles. The first-order chi connectivity index (χ1) is 9.71. The molecule has 1 N–H and O–H groups in total. The standard InChI is InChI=1S/C16H22N2O2/c1-13-5-2-3-6-14(13)11-18-15(19)20-12-16(18)7-4-9-17-10-8-16/h2-3,5-6,17H,4,7-12H2,1H3. The number of ether oxygens (including phenoxy) is 1. The predicted molar refractivity (Wildman–Crippen MR) is 77.5 cm³/mol. The summed E-state index contributed by atoms with van der Waals surface area (Å²) in [5, 5.41) is 3.42. The Balaban J connectivity index is 1.85. The van der Waals surface area contributed by atoms with Gasteiger partial charge in [-0.3, -0.25) is 4.90 Å². The summed E-state index contributed by atoms with van der Waals surface area (Å²) in [4.78, 5) is 14.1. The summed E-state index contributed by atoms with van der Waals surface area (Å²) in [5.41, 5.74) is 2.33. The van der Waals surface area contributed by atoms with Gasteiger partial charge in [0.15, 0.2) is 0 Å². The molecular formula is C16H22N2O2. The van der Waals surface area contributed by atoms with Gasteiger partial charge >= 0.3 is 6.09 Å². The molecule has 2 fully saturated rings. The van der Waals surface area contributed by atoms with E-state index < -0.39 is 0 Å². The number of cyclic esters (lactones) is 1. The normalized spacial score (nSPS) is 26.6. The highest BCUT2D eigenvalue weighted by Crippen LogP contribution is 2.34. The number of nitrogens with zero attached hydrogens (tertiary/aromatic N) is 1. The molecule has 1 aromatic carbocycles. The molecule has 108 valence electrons. The lowest BCUT2D eigenvalue weighted by molar-refractivity contribution is 0.137. The number of hydrogen-bond donors (Lipinski definition) is 1. The fourth-order valence-corrected chi connectivity index (χ4v) is 3.26. The largest absolute Gasteiger partial charge is 0.447 e. The van der Waals surface area contributed by atoms with E-state index in [1.807, 2.05) is 17.0 Å². The van der Waals surface area contributed by atoms with E-state index in [4.69, 9.17) is 4.74 Å². The van der Waals surface area contributed by atoms with Crippen molar-refractivity contribution in [3.8, 4) is 0 Å². The van der Waals surface area contributed by atoms with E-state index in [9.17, 15) is 4.79 Å². The summed E-state index contributed by atoms with van der Waals surface area (Å²) in [6.45, 7) is 5.29. The molecule has 2 aliphatic rings. The second-order valence-corrected chi connectivity index (χ2v) is 5.90. The van der Waals surface area contributed by atoms with Gasteiger partial charge in [-0.2, -0.15) is 0 Å². The van der Waals surface area contributed by atoms with Gasteiger partial charge in [0.1, 0.15) is 6.61 Å². The molecule has 1 atom stereocenters. The Morgan fingerprint density at radius 1 is 1.30 bits per heavy atom. The van der Waals surface area contributed by atoms with Crippen LogP contribution in [0.3, 0.4) is 0 Å². The zero-order chi connectivity index (χ0) is 14.0. The van der Waals surface area contributed by atoms with E-state index in [0.29, 0.717) is 13.2 Å². The zero-order valence-electron chi connectivity index (χ0n) is 12.0. The average molecular weight is 274 g/mol. The first-order valence-corrected chi connectivity index (χ1v) is 7.41. The number of hydrogen-bond acceptors (Lipinski definition) is 3. The number of rotatable bonds is 2. The van der Waals surface area contributed by atoms with Gasteiger partial charge in [-0.05, 0) is 50.4 Å². The van der Waals surface area contributed by atoms with Crippen molar-refractivity contribution in [1.29, 1.82) is 0 Å². The Hall–Kier alpha value is -1.55. The Labute approximate surface area is 120 Å². The van der Waals surface area contributed by atoms with Gasteiger partial charge in [0.25, 0.3) is 0 Å². The molecule has 0 bridgehead atoms. The molecule has 0 saturated carbocycles. The van der Waals surface area contributed by atoms with Gasteiger partial charge in [0.05, 0.1) is 5.54 Å². The van der Waals surface area contributed by atoms with Crippen LogP contribution in [0.15, 0.2) is 24.3 Å². The van der Waals surface area contributed by atoms with E-state index in [0.717, 1.165) is 32.4 Å². The minimum absolute atomic E-state index is 0.108. The summed E-state index contributed by atoms with van der Waals surface area (Å²) >= 11 is 0. The van der Waals surface area contributed by atoms with Crippen molar-refractivity contribution in [2.75, 3.05) is 19.7 Å². The van der Waals surface area contributed by atoms with Crippen LogP contribution in [0, 0.1) is 6.92 Å². The summed E-state index contributed by atoms with van der Waals surface area (Å²) in [5.74, 6) is 0. The van der Waals surface area contributed by atoms with Crippen LogP contribution in [0.5, 0.6) is 0 Å². The van der Waals surface area contributed by atoms with Crippen molar-refractivity contribution in [3.05, 3.63) is 35.4 Å². The number of aryl methyl sites for hydroxylation is 1. The second kappa shape index (κ2) is 5.44. The number of carbonyl (C=O) groups excluding carboxylic acids is 1. The van der Waals surface area contributed by atoms with E-state index in [1.54, 1.807) is 0 Å². The average Bonchev–Trinajstić information content (AvgIpc) is 2.65. The fraction of sp³-hybridized carbons (Fsp3) is 0.562. The summed E-state index contributed by atoms with van der Waals surface area (Å²) < 4.78 is 5.39. The van der Waals surface area contributed by atoms with Gasteiger partial charge in [0.2, 0.25) is 0 Å². The molecule has 2 heterocycles. The van der Waals surface area contributed by atoms with Gasteiger partial charge in [-0.25, -0.2) is 4.79 Å². The molecule has 1 spiro atoms. The Morgan fingerprint density at radius 2 is 2.15 bits per heavy atom. The molecule has 1 aromatic rings. The van der Waals surface area contributed by atoms with Crippen LogP contribution >= 0.6 is 0 Å². The Kier molecular flexibility index (Phi) is 3.66. The van der Waals surface area contributed by atoms with Crippen molar-refractivity contribution in [1.82, 2.24) is 10.2 Å². The van der Waals surface area contributed by atoms with Crippen molar-refractivity contribution in [2.45, 2.75) is 38.3 Å². The van der Waals surface area contributed by atoms with Crippen LogP contribution in [-0.4, -0.2) is 36.2 Å². The van der Waals surface area contributed by atoms with Gasteiger partial charge in [-0.15, -0.1) is 0 Å². The zero-order valence-corrected chi connectivity index (χ0v) is 12.0. The highest BCUT2D eigenvalue weighted by Gasteiger charge is 2.47. The van der Waals surface area contributed by atoms with Crippen LogP contribution in [0.1, 0.15) is 30.4 Å². The first-order valence-electron chi connectivity index (χ1n) is 7.41. The minimum Gasteiger partial charge on any atom is -0.447 e. The highest BCUT2D eigenvalue weighted by atomic mass is 16.6. The molecule has 4 nitrogen and oxygen atoms in total. The van der Waals surface area contributed by atoms with Crippen LogP contribution in [0.2, 0.25) is 0 Å². The van der Waals surface area contributed by atoms with Crippen molar-refractivity contribution < 1.29 is 9.53 Å². The van der Waals surface area contributed by atoms with E-state index in [2.05, 4.69) is 24.4 Å². The third kappa shape index (κ3) is 2.40. The lowest BCUT2D eigenvalue weighted by Gasteiger charge is -2.34. The number of amides is 1. The second-order valence-electron chi connectivity index (χ2n) is 5.90. The third-order valence-corrected chi connectivity index (χ3v) is 4.61. The number of benzene rings is 1. The lowest BCUT2D eigenvalue weighted by Crippen LogP contribution is -2.47. The van der Waals surface area contributed by atoms with E-state index in [1.165, 1.54) is 11.1 Å². The van der Waals surface area contributed by atoms with Crippen molar-refractivity contribution in [3.63, 3.8) is 0 Å².